The number of ether oxygens (including phenoxy) is 1. The molecule has 2 nitrogen and oxygen atoms in total. The van der Waals surface area contributed by atoms with Crippen molar-refractivity contribution in [1.82, 2.24) is 5.32 Å². The predicted molar refractivity (Wildman–Crippen MR) is 76.7 cm³/mol. The molecule has 17 heavy (non-hydrogen) atoms. The lowest BCUT2D eigenvalue weighted by Gasteiger charge is -2.16. The fourth-order valence-electron chi connectivity index (χ4n) is 1.71. The van der Waals surface area contributed by atoms with Gasteiger partial charge in [-0.3, -0.25) is 0 Å². The Morgan fingerprint density at radius 1 is 1.41 bits per heavy atom. The van der Waals surface area contributed by atoms with Gasteiger partial charge in [0.15, 0.2) is 0 Å². The minimum Gasteiger partial charge on any atom is -0.490 e. The van der Waals surface area contributed by atoms with E-state index in [4.69, 9.17) is 4.74 Å². The van der Waals surface area contributed by atoms with Crippen LogP contribution in [0.15, 0.2) is 22.7 Å². The Balaban J connectivity index is 2.37. The second-order valence-corrected chi connectivity index (χ2v) is 5.25. The van der Waals surface area contributed by atoms with Crippen LogP contribution in [0.4, 0.5) is 0 Å². The van der Waals surface area contributed by atoms with Gasteiger partial charge >= 0.3 is 0 Å². The summed E-state index contributed by atoms with van der Waals surface area (Å²) in [6.07, 6.45) is 2.51. The summed E-state index contributed by atoms with van der Waals surface area (Å²) in [5.41, 5.74) is 1.18. The number of halogens is 1. The molecule has 0 aliphatic carbocycles. The van der Waals surface area contributed by atoms with Crippen molar-refractivity contribution in [1.29, 1.82) is 0 Å². The van der Waals surface area contributed by atoms with Crippen molar-refractivity contribution >= 4 is 15.9 Å². The summed E-state index contributed by atoms with van der Waals surface area (Å²) in [6.45, 7) is 8.45. The van der Waals surface area contributed by atoms with E-state index in [0.29, 0.717) is 0 Å². The minimum atomic E-state index is 0.272. The van der Waals surface area contributed by atoms with Gasteiger partial charge in [0.2, 0.25) is 0 Å². The Kier molecular flexibility index (Phi) is 6.60. The molecule has 0 saturated heterocycles. The van der Waals surface area contributed by atoms with E-state index in [1.54, 1.807) is 0 Å². The van der Waals surface area contributed by atoms with Crippen LogP contribution in [0.25, 0.3) is 0 Å². The van der Waals surface area contributed by atoms with Gasteiger partial charge in [0.05, 0.1) is 6.10 Å². The van der Waals surface area contributed by atoms with Gasteiger partial charge in [0, 0.05) is 4.47 Å². The molecule has 0 amide bonds. The maximum Gasteiger partial charge on any atom is 0.122 e. The molecule has 0 aliphatic heterocycles. The van der Waals surface area contributed by atoms with Gasteiger partial charge in [-0.2, -0.15) is 0 Å². The third-order valence-corrected chi connectivity index (χ3v) is 3.17. The summed E-state index contributed by atoms with van der Waals surface area (Å²) in [5.74, 6) is 0.990. The van der Waals surface area contributed by atoms with Crippen LogP contribution in [-0.4, -0.2) is 19.2 Å². The molecule has 0 saturated carbocycles. The van der Waals surface area contributed by atoms with Crippen molar-refractivity contribution in [2.45, 2.75) is 39.7 Å². The average Bonchev–Trinajstić information content (AvgIpc) is 2.28. The lowest BCUT2D eigenvalue weighted by atomic mass is 10.2. The zero-order valence-electron chi connectivity index (χ0n) is 10.9. The molecule has 0 bridgehead atoms. The molecular formula is C14H22BrNO. The van der Waals surface area contributed by atoms with Crippen LogP contribution in [0.1, 0.15) is 32.3 Å². The molecule has 1 aromatic carbocycles. The topological polar surface area (TPSA) is 21.3 Å². The Morgan fingerprint density at radius 3 is 2.82 bits per heavy atom. The molecule has 0 spiro atoms. The first-order valence-corrected chi connectivity index (χ1v) is 7.06. The fourth-order valence-corrected chi connectivity index (χ4v) is 2.19. The maximum absolute atomic E-state index is 5.93. The smallest absolute Gasteiger partial charge is 0.122 e. The molecular weight excluding hydrogens is 278 g/mol. The highest BCUT2D eigenvalue weighted by atomic mass is 79.9. The largest absolute Gasteiger partial charge is 0.490 e. The number of hydrogen-bond donors (Lipinski definition) is 1. The Bertz CT molecular complexity index is 341. The summed E-state index contributed by atoms with van der Waals surface area (Å²) < 4.78 is 7.03. The average molecular weight is 300 g/mol. The highest BCUT2D eigenvalue weighted by molar-refractivity contribution is 9.10. The van der Waals surface area contributed by atoms with E-state index >= 15 is 0 Å². The first-order valence-electron chi connectivity index (χ1n) is 6.27. The summed E-state index contributed by atoms with van der Waals surface area (Å²) in [7, 11) is 0. The second-order valence-electron chi connectivity index (χ2n) is 4.33. The summed E-state index contributed by atoms with van der Waals surface area (Å²) in [5, 5.41) is 3.32. The van der Waals surface area contributed by atoms with Crippen LogP contribution in [0, 0.1) is 6.92 Å². The lowest BCUT2D eigenvalue weighted by molar-refractivity contribution is 0.206. The zero-order valence-corrected chi connectivity index (χ0v) is 12.5. The molecule has 1 N–H and O–H groups in total. The normalized spacial score (nSPS) is 12.5. The Labute approximate surface area is 113 Å². The maximum atomic E-state index is 5.93. The molecule has 1 rings (SSSR count). The third kappa shape index (κ3) is 5.55. The number of aryl methyl sites for hydroxylation is 1. The van der Waals surface area contributed by atoms with Gasteiger partial charge in [-0.25, -0.2) is 0 Å². The summed E-state index contributed by atoms with van der Waals surface area (Å²) >= 11 is 3.46. The van der Waals surface area contributed by atoms with E-state index in [2.05, 4.69) is 48.1 Å². The first-order chi connectivity index (χ1) is 8.13. The number of nitrogens with one attached hydrogen (secondary N) is 1. The van der Waals surface area contributed by atoms with Crippen molar-refractivity contribution in [2.75, 3.05) is 13.1 Å². The molecule has 96 valence electrons. The Morgan fingerprint density at radius 2 is 2.18 bits per heavy atom. The third-order valence-electron chi connectivity index (χ3n) is 2.68. The SMILES string of the molecule is CCNCCCC(C)Oc1ccc(Br)cc1C. The van der Waals surface area contributed by atoms with Gasteiger partial charge in [-0.05, 0) is 63.5 Å². The van der Waals surface area contributed by atoms with Crippen molar-refractivity contribution in [3.63, 3.8) is 0 Å². The van der Waals surface area contributed by atoms with Crippen LogP contribution in [0.5, 0.6) is 5.75 Å². The van der Waals surface area contributed by atoms with Crippen molar-refractivity contribution in [3.05, 3.63) is 28.2 Å². The van der Waals surface area contributed by atoms with Crippen LogP contribution in [-0.2, 0) is 0 Å². The molecule has 1 unspecified atom stereocenters. The molecule has 3 heteroatoms. The van der Waals surface area contributed by atoms with Gasteiger partial charge in [-0.1, -0.05) is 22.9 Å². The van der Waals surface area contributed by atoms with E-state index in [1.165, 1.54) is 5.56 Å². The van der Waals surface area contributed by atoms with E-state index in [0.717, 1.165) is 36.2 Å². The lowest BCUT2D eigenvalue weighted by Crippen LogP contribution is -2.18. The van der Waals surface area contributed by atoms with Crippen LogP contribution in [0.3, 0.4) is 0 Å². The van der Waals surface area contributed by atoms with E-state index in [9.17, 15) is 0 Å². The molecule has 0 fully saturated rings. The summed E-state index contributed by atoms with van der Waals surface area (Å²) in [6, 6.07) is 6.13. The molecule has 0 aromatic heterocycles. The molecule has 0 heterocycles. The number of benzene rings is 1. The van der Waals surface area contributed by atoms with Gasteiger partial charge < -0.3 is 10.1 Å². The highest BCUT2D eigenvalue weighted by Crippen LogP contribution is 2.23. The monoisotopic (exact) mass is 299 g/mol. The Hall–Kier alpha value is -0.540. The molecule has 1 aromatic rings. The van der Waals surface area contributed by atoms with E-state index in [-0.39, 0.29) is 6.10 Å². The van der Waals surface area contributed by atoms with E-state index < -0.39 is 0 Å². The van der Waals surface area contributed by atoms with Crippen LogP contribution in [0.2, 0.25) is 0 Å². The quantitative estimate of drug-likeness (QED) is 0.771. The highest BCUT2D eigenvalue weighted by Gasteiger charge is 2.06. The van der Waals surface area contributed by atoms with Gasteiger partial charge in [-0.15, -0.1) is 0 Å². The van der Waals surface area contributed by atoms with Crippen molar-refractivity contribution < 1.29 is 4.74 Å². The number of rotatable bonds is 7. The number of hydrogen-bond acceptors (Lipinski definition) is 2. The predicted octanol–water partition coefficient (Wildman–Crippen LogP) is 3.91. The van der Waals surface area contributed by atoms with Crippen LogP contribution < -0.4 is 10.1 Å². The van der Waals surface area contributed by atoms with Crippen molar-refractivity contribution in [2.24, 2.45) is 0 Å². The molecule has 0 aliphatic rings. The van der Waals surface area contributed by atoms with E-state index in [1.807, 2.05) is 12.1 Å². The van der Waals surface area contributed by atoms with Gasteiger partial charge in [0.1, 0.15) is 5.75 Å². The van der Waals surface area contributed by atoms with Gasteiger partial charge in [0.25, 0.3) is 0 Å². The second kappa shape index (κ2) is 7.72. The fraction of sp³-hybridized carbons (Fsp3) is 0.571. The minimum absolute atomic E-state index is 0.272. The zero-order chi connectivity index (χ0) is 12.7. The van der Waals surface area contributed by atoms with Crippen molar-refractivity contribution in [3.8, 4) is 5.75 Å². The van der Waals surface area contributed by atoms with Crippen LogP contribution >= 0.6 is 15.9 Å². The molecule has 1 atom stereocenters. The standard InChI is InChI=1S/C14H22BrNO/c1-4-16-9-5-6-12(3)17-14-8-7-13(15)10-11(14)2/h7-8,10,12,16H,4-6,9H2,1-3H3. The summed E-state index contributed by atoms with van der Waals surface area (Å²) in [4.78, 5) is 0. The first kappa shape index (κ1) is 14.5. The molecule has 0 radical (unpaired) electrons.